The van der Waals surface area contributed by atoms with Gasteiger partial charge in [0, 0.05) is 0 Å². The first kappa shape index (κ1) is 9.22. The van der Waals surface area contributed by atoms with Crippen LogP contribution >= 0.6 is 0 Å². The zero-order chi connectivity index (χ0) is 7.98. The van der Waals surface area contributed by atoms with Crippen molar-refractivity contribution >= 4 is 0 Å². The molecule has 0 heteroatoms. The molecule has 0 aromatic heterocycles. The predicted octanol–water partition coefficient (Wildman–Crippen LogP) is 3.29. The van der Waals surface area contributed by atoms with Gasteiger partial charge in [0.2, 0.25) is 0 Å². The van der Waals surface area contributed by atoms with Crippen LogP contribution in [-0.4, -0.2) is 0 Å². The second-order valence-electron chi connectivity index (χ2n) is 2.55. The molecule has 0 unspecified atom stereocenters. The van der Waals surface area contributed by atoms with Gasteiger partial charge in [-0.15, -0.1) is 0 Å². The van der Waals surface area contributed by atoms with E-state index in [0.29, 0.717) is 0 Å². The van der Waals surface area contributed by atoms with Gasteiger partial charge in [0.25, 0.3) is 0 Å². The summed E-state index contributed by atoms with van der Waals surface area (Å²) in [4.78, 5) is 0. The zero-order valence-electron chi connectivity index (χ0n) is 7.02. The van der Waals surface area contributed by atoms with Crippen LogP contribution in [0.25, 0.3) is 0 Å². The molecule has 0 saturated heterocycles. The number of rotatable bonds is 2. The number of allylic oxidation sites excluding steroid dienone is 6. The molecule has 1 radical (unpaired) electrons. The van der Waals surface area contributed by atoms with Crippen LogP contribution in [0.3, 0.4) is 0 Å². The van der Waals surface area contributed by atoms with Crippen molar-refractivity contribution in [2.75, 3.05) is 0 Å². The third-order valence-electron chi connectivity index (χ3n) is 1.11. The first-order valence-electron chi connectivity index (χ1n) is 3.44. The Hall–Kier alpha value is -0.780. The Morgan fingerprint density at radius 1 is 1.20 bits per heavy atom. The third-order valence-corrected chi connectivity index (χ3v) is 1.11. The van der Waals surface area contributed by atoms with Crippen molar-refractivity contribution in [3.05, 3.63) is 42.4 Å². The summed E-state index contributed by atoms with van der Waals surface area (Å²) >= 11 is 0. The average Bonchev–Trinajstić information content (AvgIpc) is 1.87. The van der Waals surface area contributed by atoms with E-state index in [0.717, 1.165) is 0 Å². The predicted molar refractivity (Wildman–Crippen MR) is 47.7 cm³/mol. The molecule has 0 spiro atoms. The third kappa shape index (κ3) is 5.36. The summed E-state index contributed by atoms with van der Waals surface area (Å²) in [6, 6.07) is 0. The van der Waals surface area contributed by atoms with E-state index in [1.807, 2.05) is 25.2 Å². The molecule has 0 N–H and O–H groups in total. The molecule has 0 fully saturated rings. The summed E-state index contributed by atoms with van der Waals surface area (Å²) in [6.07, 6.45) is 7.99. The maximum absolute atomic E-state index is 3.65. The van der Waals surface area contributed by atoms with Crippen molar-refractivity contribution in [2.24, 2.45) is 0 Å². The van der Waals surface area contributed by atoms with E-state index >= 15 is 0 Å². The molecule has 55 valence electrons. The lowest BCUT2D eigenvalue weighted by Crippen LogP contribution is -1.64. The Morgan fingerprint density at radius 3 is 2.20 bits per heavy atom. The van der Waals surface area contributed by atoms with Gasteiger partial charge in [0.05, 0.1) is 0 Å². The van der Waals surface area contributed by atoms with Crippen molar-refractivity contribution in [1.29, 1.82) is 0 Å². The van der Waals surface area contributed by atoms with Gasteiger partial charge in [-0.3, -0.25) is 0 Å². The topological polar surface area (TPSA) is 0 Å². The molecule has 0 saturated carbocycles. The lowest BCUT2D eigenvalue weighted by molar-refractivity contribution is 1.39. The van der Waals surface area contributed by atoms with Gasteiger partial charge in [0.1, 0.15) is 0 Å². The molecule has 10 heavy (non-hydrogen) atoms. The molecule has 0 rings (SSSR count). The summed E-state index contributed by atoms with van der Waals surface area (Å²) < 4.78 is 0. The fourth-order valence-electron chi connectivity index (χ4n) is 0.460. The smallest absolute Gasteiger partial charge is 0.0310 e. The molecular formula is C10H15. The molecule has 0 amide bonds. The van der Waals surface area contributed by atoms with Crippen LogP contribution in [-0.2, 0) is 0 Å². The van der Waals surface area contributed by atoms with Crippen LogP contribution < -0.4 is 0 Å². The normalized spacial score (nSPS) is 12.2. The number of hydrogen-bond acceptors (Lipinski definition) is 0. The summed E-state index contributed by atoms with van der Waals surface area (Å²) in [5.74, 6) is 0. The SMILES string of the molecule is [CH2]/C=C(C)/C=C\C=C(C)C. The molecule has 0 nitrogen and oxygen atoms in total. The zero-order valence-corrected chi connectivity index (χ0v) is 7.02. The van der Waals surface area contributed by atoms with Crippen molar-refractivity contribution in [2.45, 2.75) is 20.8 Å². The van der Waals surface area contributed by atoms with Crippen LogP contribution in [0.1, 0.15) is 20.8 Å². The lowest BCUT2D eigenvalue weighted by Gasteiger charge is -1.85. The Balaban J connectivity index is 3.90. The maximum atomic E-state index is 3.65. The first-order chi connectivity index (χ1) is 4.66. The molecule has 0 bridgehead atoms. The highest BCUT2D eigenvalue weighted by Gasteiger charge is 1.74. The summed E-state index contributed by atoms with van der Waals surface area (Å²) in [6.45, 7) is 9.83. The first-order valence-corrected chi connectivity index (χ1v) is 3.44. The van der Waals surface area contributed by atoms with E-state index in [4.69, 9.17) is 0 Å². The largest absolute Gasteiger partial charge is 0.0813 e. The summed E-state index contributed by atoms with van der Waals surface area (Å²) in [7, 11) is 0. The fourth-order valence-corrected chi connectivity index (χ4v) is 0.460. The molecule has 0 aromatic rings. The molecular weight excluding hydrogens is 120 g/mol. The van der Waals surface area contributed by atoms with Crippen molar-refractivity contribution in [3.8, 4) is 0 Å². The van der Waals surface area contributed by atoms with E-state index in [1.165, 1.54) is 11.1 Å². The van der Waals surface area contributed by atoms with Crippen molar-refractivity contribution in [1.82, 2.24) is 0 Å². The molecule has 0 aliphatic carbocycles. The highest BCUT2D eigenvalue weighted by Crippen LogP contribution is 1.95. The maximum Gasteiger partial charge on any atom is -0.0310 e. The minimum atomic E-state index is 1.19. The van der Waals surface area contributed by atoms with Crippen LogP contribution in [0.2, 0.25) is 0 Å². The molecule has 0 atom stereocenters. The molecule has 0 heterocycles. The standard InChI is InChI=1S/C10H15/c1-5-10(4)8-6-7-9(2)3/h5-8H,1H2,2-4H3/b8-6-,10-5+. The molecule has 0 aliphatic heterocycles. The average molecular weight is 135 g/mol. The van der Waals surface area contributed by atoms with E-state index in [-0.39, 0.29) is 0 Å². The quantitative estimate of drug-likeness (QED) is 0.510. The number of hydrogen-bond donors (Lipinski definition) is 0. The van der Waals surface area contributed by atoms with E-state index in [2.05, 4.69) is 26.8 Å². The fraction of sp³-hybridized carbons (Fsp3) is 0.300. The minimum Gasteiger partial charge on any atom is -0.0813 e. The van der Waals surface area contributed by atoms with Gasteiger partial charge in [-0.25, -0.2) is 0 Å². The molecule has 0 aromatic carbocycles. The highest BCUT2D eigenvalue weighted by molar-refractivity contribution is 5.21. The van der Waals surface area contributed by atoms with Crippen molar-refractivity contribution < 1.29 is 0 Å². The van der Waals surface area contributed by atoms with Crippen LogP contribution in [0.5, 0.6) is 0 Å². The monoisotopic (exact) mass is 135 g/mol. The van der Waals surface area contributed by atoms with Crippen molar-refractivity contribution in [3.63, 3.8) is 0 Å². The Morgan fingerprint density at radius 2 is 1.80 bits per heavy atom. The minimum absolute atomic E-state index is 1.19. The van der Waals surface area contributed by atoms with Gasteiger partial charge >= 0.3 is 0 Å². The Bertz CT molecular complexity index is 164. The van der Waals surface area contributed by atoms with Gasteiger partial charge in [-0.05, 0) is 27.7 Å². The van der Waals surface area contributed by atoms with Crippen LogP contribution in [0.15, 0.2) is 35.5 Å². The van der Waals surface area contributed by atoms with Crippen LogP contribution in [0.4, 0.5) is 0 Å². The lowest BCUT2D eigenvalue weighted by atomic mass is 10.2. The Kier molecular flexibility index (Phi) is 4.65. The summed E-state index contributed by atoms with van der Waals surface area (Å²) in [5, 5.41) is 0. The Labute approximate surface area is 64.0 Å². The second kappa shape index (κ2) is 5.04. The van der Waals surface area contributed by atoms with E-state index in [9.17, 15) is 0 Å². The van der Waals surface area contributed by atoms with E-state index in [1.54, 1.807) is 0 Å². The molecule has 0 aliphatic rings. The van der Waals surface area contributed by atoms with Crippen LogP contribution in [0, 0.1) is 6.92 Å². The summed E-state index contributed by atoms with van der Waals surface area (Å²) in [5.41, 5.74) is 2.51. The van der Waals surface area contributed by atoms with Gasteiger partial charge in [-0.2, -0.15) is 0 Å². The van der Waals surface area contributed by atoms with Gasteiger partial charge < -0.3 is 0 Å². The second-order valence-corrected chi connectivity index (χ2v) is 2.55. The van der Waals surface area contributed by atoms with Gasteiger partial charge in [0.15, 0.2) is 0 Å². The van der Waals surface area contributed by atoms with E-state index < -0.39 is 0 Å². The van der Waals surface area contributed by atoms with Gasteiger partial charge in [-0.1, -0.05) is 35.5 Å². The highest BCUT2D eigenvalue weighted by atomic mass is 13.8.